The lowest BCUT2D eigenvalue weighted by Gasteiger charge is -2.21. The van der Waals surface area contributed by atoms with E-state index in [-0.39, 0.29) is 25.7 Å². The number of aliphatic hydroxyl groups excluding tert-OH is 1. The molecule has 0 aromatic heterocycles. The molecule has 0 radical (unpaired) electrons. The van der Waals surface area contributed by atoms with Gasteiger partial charge in [0.05, 0.1) is 26.4 Å². The molecule has 3 N–H and O–H groups in total. The van der Waals surface area contributed by atoms with Crippen molar-refractivity contribution in [2.24, 2.45) is 5.92 Å². The number of carbonyl (C=O) groups is 4. The maximum Gasteiger partial charge on any atom is 0.472 e. The molecule has 0 aromatic rings. The van der Waals surface area contributed by atoms with Crippen LogP contribution in [0, 0.1) is 5.92 Å². The van der Waals surface area contributed by atoms with Crippen molar-refractivity contribution in [2.45, 2.75) is 457 Å². The van der Waals surface area contributed by atoms with Gasteiger partial charge in [0.25, 0.3) is 0 Å². The average Bonchev–Trinajstić information content (AvgIpc) is 0.947. The first-order valence-corrected chi connectivity index (χ1v) is 45.7. The van der Waals surface area contributed by atoms with Crippen LogP contribution < -0.4 is 0 Å². The van der Waals surface area contributed by atoms with Crippen molar-refractivity contribution in [1.29, 1.82) is 0 Å². The second-order valence-corrected chi connectivity index (χ2v) is 32.7. The van der Waals surface area contributed by atoms with Crippen molar-refractivity contribution >= 4 is 39.5 Å². The van der Waals surface area contributed by atoms with E-state index in [4.69, 9.17) is 37.0 Å². The van der Waals surface area contributed by atoms with Crippen LogP contribution >= 0.6 is 15.6 Å². The maximum absolute atomic E-state index is 13.1. The SMILES string of the molecule is CCCCCCCCCCCCCCCCCCCC(=O)OC[C@H](COP(=O)(O)OC[C@@H](O)COP(=O)(O)OC[C@@H](COC(=O)CCCCCCC)OC(=O)CCCCCCCCCCCCCCCCCCC)OC(=O)CCCCCCCCCCCCCCCCCCCCC(C)CC. The van der Waals surface area contributed by atoms with Crippen LogP contribution in [0.25, 0.3) is 0 Å². The van der Waals surface area contributed by atoms with Gasteiger partial charge in [-0.3, -0.25) is 37.3 Å². The van der Waals surface area contributed by atoms with Crippen molar-refractivity contribution in [3.05, 3.63) is 0 Å². The number of ether oxygens (including phenoxy) is 4. The Kier molecular flexibility index (Phi) is 73.5. The van der Waals surface area contributed by atoms with Gasteiger partial charge >= 0.3 is 39.5 Å². The van der Waals surface area contributed by atoms with E-state index < -0.39 is 97.5 Å². The lowest BCUT2D eigenvalue weighted by Crippen LogP contribution is -2.30. The molecule has 0 rings (SSSR count). The Morgan fingerprint density at radius 1 is 0.277 bits per heavy atom. The van der Waals surface area contributed by atoms with Crippen molar-refractivity contribution in [2.75, 3.05) is 39.6 Å². The summed E-state index contributed by atoms with van der Waals surface area (Å²) < 4.78 is 68.5. The molecule has 0 aliphatic rings. The lowest BCUT2D eigenvalue weighted by atomic mass is 9.99. The second kappa shape index (κ2) is 74.9. The minimum Gasteiger partial charge on any atom is -0.462 e. The summed E-state index contributed by atoms with van der Waals surface area (Å²) in [5, 5.41) is 10.6. The molecular weight excluding hydrogens is 1320 g/mol. The van der Waals surface area contributed by atoms with E-state index in [0.29, 0.717) is 25.7 Å². The number of phosphoric ester groups is 2. The van der Waals surface area contributed by atoms with Gasteiger partial charge in [-0.1, -0.05) is 388 Å². The van der Waals surface area contributed by atoms with Crippen LogP contribution in [0.2, 0.25) is 0 Å². The van der Waals surface area contributed by atoms with Crippen LogP contribution in [-0.4, -0.2) is 96.7 Å². The summed E-state index contributed by atoms with van der Waals surface area (Å²) in [5.74, 6) is -1.25. The average molecular weight is 1480 g/mol. The van der Waals surface area contributed by atoms with Gasteiger partial charge in [0.15, 0.2) is 12.2 Å². The Balaban J connectivity index is 5.10. The fourth-order valence-corrected chi connectivity index (χ4v) is 14.3. The van der Waals surface area contributed by atoms with E-state index in [0.717, 1.165) is 102 Å². The predicted molar refractivity (Wildman–Crippen MR) is 414 cm³/mol. The zero-order chi connectivity index (χ0) is 74.1. The summed E-state index contributed by atoms with van der Waals surface area (Å²) in [4.78, 5) is 72.8. The van der Waals surface area contributed by atoms with Crippen molar-refractivity contribution in [1.82, 2.24) is 0 Å². The van der Waals surface area contributed by atoms with Gasteiger partial charge in [0, 0.05) is 25.7 Å². The Bertz CT molecular complexity index is 1930. The third kappa shape index (κ3) is 74.7. The van der Waals surface area contributed by atoms with Gasteiger partial charge in [0.1, 0.15) is 19.3 Å². The first-order valence-electron chi connectivity index (χ1n) is 42.7. The lowest BCUT2D eigenvalue weighted by molar-refractivity contribution is -0.161. The van der Waals surface area contributed by atoms with Gasteiger partial charge in [0.2, 0.25) is 0 Å². The van der Waals surface area contributed by atoms with Gasteiger partial charge in [-0.2, -0.15) is 0 Å². The van der Waals surface area contributed by atoms with Crippen molar-refractivity contribution < 1.29 is 80.2 Å². The number of hydrogen-bond acceptors (Lipinski definition) is 15. The number of hydrogen-bond donors (Lipinski definition) is 3. The summed E-state index contributed by atoms with van der Waals surface area (Å²) in [6.45, 7) is 7.32. The molecule has 0 aliphatic carbocycles. The highest BCUT2D eigenvalue weighted by molar-refractivity contribution is 7.47. The van der Waals surface area contributed by atoms with E-state index in [9.17, 15) is 43.2 Å². The van der Waals surface area contributed by atoms with Gasteiger partial charge in [-0.25, -0.2) is 9.13 Å². The smallest absolute Gasteiger partial charge is 0.462 e. The molecule has 0 heterocycles. The number of unbranched alkanes of at least 4 members (excludes halogenated alkanes) is 53. The predicted octanol–water partition coefficient (Wildman–Crippen LogP) is 24.8. The molecule has 0 fully saturated rings. The highest BCUT2D eigenvalue weighted by atomic mass is 31.2. The first kappa shape index (κ1) is 99.1. The fraction of sp³-hybridized carbons (Fsp3) is 0.951. The third-order valence-electron chi connectivity index (χ3n) is 19.6. The van der Waals surface area contributed by atoms with Crippen LogP contribution in [0.4, 0.5) is 0 Å². The monoisotopic (exact) mass is 1480 g/mol. The van der Waals surface area contributed by atoms with E-state index in [1.54, 1.807) is 0 Å². The maximum atomic E-state index is 13.1. The normalized spacial score (nSPS) is 14.1. The van der Waals surface area contributed by atoms with Gasteiger partial charge < -0.3 is 33.8 Å². The Morgan fingerprint density at radius 2 is 0.475 bits per heavy atom. The van der Waals surface area contributed by atoms with E-state index in [1.165, 1.54) is 257 Å². The molecule has 0 bridgehead atoms. The highest BCUT2D eigenvalue weighted by Gasteiger charge is 2.30. The molecule has 17 nitrogen and oxygen atoms in total. The number of aliphatic hydroxyl groups is 1. The summed E-state index contributed by atoms with van der Waals surface area (Å²) in [6, 6.07) is 0. The van der Waals surface area contributed by atoms with E-state index >= 15 is 0 Å². The molecule has 19 heteroatoms. The minimum absolute atomic E-state index is 0.108. The number of esters is 4. The molecule has 600 valence electrons. The number of phosphoric acid groups is 2. The minimum atomic E-state index is -4.96. The third-order valence-corrected chi connectivity index (χ3v) is 21.5. The van der Waals surface area contributed by atoms with Crippen LogP contribution in [0.3, 0.4) is 0 Å². The molecule has 6 atom stereocenters. The summed E-state index contributed by atoms with van der Waals surface area (Å²) in [5.41, 5.74) is 0. The molecule has 0 amide bonds. The quantitative estimate of drug-likeness (QED) is 0.0222. The van der Waals surface area contributed by atoms with Crippen LogP contribution in [0.5, 0.6) is 0 Å². The molecule has 0 aromatic carbocycles. The molecule has 0 aliphatic heterocycles. The molecule has 0 saturated carbocycles. The Hall–Kier alpha value is -1.94. The summed E-state index contributed by atoms with van der Waals surface area (Å²) in [6.07, 6.45) is 67.1. The highest BCUT2D eigenvalue weighted by Crippen LogP contribution is 2.45. The standard InChI is InChI=1S/C82H160O17P2/c1-6-10-13-16-18-20-22-24-26-30-35-39-43-47-51-56-61-66-80(85)93-72-78(99-82(87)68-63-58-53-49-45-41-37-33-29-28-32-34-38-42-46-50-55-59-64-75(5)9-4)74-97-101(90,91)95-70-76(83)69-94-100(88,89)96-73-77(71-92-79(84)65-60-54-15-12-8-3)98-81(86)67-62-57-52-48-44-40-36-31-27-25-23-21-19-17-14-11-7-2/h75-78,83H,6-74H2,1-5H3,(H,88,89)(H,90,91)/t75?,76-,77+,78+/m0/s1. The van der Waals surface area contributed by atoms with Crippen molar-refractivity contribution in [3.63, 3.8) is 0 Å². The zero-order valence-electron chi connectivity index (χ0n) is 66.1. The molecule has 0 spiro atoms. The second-order valence-electron chi connectivity index (χ2n) is 29.8. The van der Waals surface area contributed by atoms with E-state index in [2.05, 4.69) is 34.6 Å². The van der Waals surface area contributed by atoms with E-state index in [1.807, 2.05) is 0 Å². The topological polar surface area (TPSA) is 237 Å². The van der Waals surface area contributed by atoms with Gasteiger partial charge in [-0.15, -0.1) is 0 Å². The first-order chi connectivity index (χ1) is 49.1. The molecule has 101 heavy (non-hydrogen) atoms. The zero-order valence-corrected chi connectivity index (χ0v) is 67.8. The summed E-state index contributed by atoms with van der Waals surface area (Å²) in [7, 11) is -9.91. The molecule has 0 saturated heterocycles. The van der Waals surface area contributed by atoms with Crippen LogP contribution in [0.1, 0.15) is 439 Å². The molecular formula is C82H160O17P2. The largest absolute Gasteiger partial charge is 0.472 e. The fourth-order valence-electron chi connectivity index (χ4n) is 12.7. The van der Waals surface area contributed by atoms with Gasteiger partial charge in [-0.05, 0) is 31.6 Å². The number of carbonyl (C=O) groups excluding carboxylic acids is 4. The number of rotatable bonds is 82. The van der Waals surface area contributed by atoms with Crippen LogP contribution in [-0.2, 0) is 65.4 Å². The Labute approximate surface area is 619 Å². The Morgan fingerprint density at radius 3 is 0.703 bits per heavy atom. The summed E-state index contributed by atoms with van der Waals surface area (Å²) >= 11 is 0. The molecule has 3 unspecified atom stereocenters. The van der Waals surface area contributed by atoms with Crippen molar-refractivity contribution in [3.8, 4) is 0 Å². The van der Waals surface area contributed by atoms with Crippen LogP contribution in [0.15, 0.2) is 0 Å².